The maximum absolute atomic E-state index is 13.1. The zero-order valence-corrected chi connectivity index (χ0v) is 10.9. The molecule has 0 aliphatic heterocycles. The summed E-state index contributed by atoms with van der Waals surface area (Å²) < 4.78 is 13.1. The van der Waals surface area contributed by atoms with E-state index in [2.05, 4.69) is 4.98 Å². The van der Waals surface area contributed by atoms with Crippen LogP contribution in [-0.2, 0) is 0 Å². The molecule has 0 amide bonds. The highest BCUT2D eigenvalue weighted by Gasteiger charge is 2.08. The number of allylic oxidation sites excluding steroid dienone is 1. The van der Waals surface area contributed by atoms with Crippen molar-refractivity contribution in [1.29, 1.82) is 0 Å². The molecule has 0 atom stereocenters. The molecule has 0 aliphatic rings. The minimum absolute atomic E-state index is 0.172. The minimum atomic E-state index is -0.404. The summed E-state index contributed by atoms with van der Waals surface area (Å²) in [6.45, 7) is 3.62. The summed E-state index contributed by atoms with van der Waals surface area (Å²) >= 11 is 0. The minimum Gasteiger partial charge on any atom is -0.289 e. The molecule has 0 fully saturated rings. The van der Waals surface area contributed by atoms with Crippen molar-refractivity contribution in [3.05, 3.63) is 70.8 Å². The SMILES string of the molecule is C/C(=C/c1ccnc(C)c1)C(=O)c1cccc(F)c1. The third kappa shape index (κ3) is 3.35. The second-order valence-corrected chi connectivity index (χ2v) is 4.40. The molecule has 2 rings (SSSR count). The first kappa shape index (κ1) is 13.1. The largest absolute Gasteiger partial charge is 0.289 e. The lowest BCUT2D eigenvalue weighted by Crippen LogP contribution is -2.01. The van der Waals surface area contributed by atoms with E-state index in [4.69, 9.17) is 0 Å². The van der Waals surface area contributed by atoms with E-state index in [1.54, 1.807) is 25.3 Å². The number of halogens is 1. The molecular weight excluding hydrogens is 241 g/mol. The van der Waals surface area contributed by atoms with Crippen LogP contribution in [0.25, 0.3) is 6.08 Å². The zero-order valence-electron chi connectivity index (χ0n) is 10.9. The number of benzene rings is 1. The van der Waals surface area contributed by atoms with E-state index in [9.17, 15) is 9.18 Å². The molecule has 19 heavy (non-hydrogen) atoms. The van der Waals surface area contributed by atoms with Gasteiger partial charge in [0.25, 0.3) is 0 Å². The summed E-state index contributed by atoms with van der Waals surface area (Å²) in [5.74, 6) is -0.577. The van der Waals surface area contributed by atoms with E-state index in [0.29, 0.717) is 11.1 Å². The van der Waals surface area contributed by atoms with E-state index >= 15 is 0 Å². The Morgan fingerprint density at radius 3 is 2.74 bits per heavy atom. The molecule has 0 radical (unpaired) electrons. The van der Waals surface area contributed by atoms with E-state index in [0.717, 1.165) is 11.3 Å². The van der Waals surface area contributed by atoms with Crippen LogP contribution in [0, 0.1) is 12.7 Å². The Morgan fingerprint density at radius 2 is 2.05 bits per heavy atom. The van der Waals surface area contributed by atoms with Crippen molar-refractivity contribution in [2.75, 3.05) is 0 Å². The molecule has 0 N–H and O–H groups in total. The fourth-order valence-corrected chi connectivity index (χ4v) is 1.83. The molecule has 2 nitrogen and oxygen atoms in total. The molecule has 0 aliphatic carbocycles. The Labute approximate surface area is 111 Å². The van der Waals surface area contributed by atoms with Crippen molar-refractivity contribution < 1.29 is 9.18 Å². The number of hydrogen-bond donors (Lipinski definition) is 0. The van der Waals surface area contributed by atoms with Gasteiger partial charge in [0.1, 0.15) is 5.82 Å². The van der Waals surface area contributed by atoms with Crippen molar-refractivity contribution >= 4 is 11.9 Å². The van der Waals surface area contributed by atoms with Gasteiger partial charge in [0.05, 0.1) is 0 Å². The maximum atomic E-state index is 13.1. The Kier molecular flexibility index (Phi) is 3.85. The molecular formula is C16H14FNO. The highest BCUT2D eigenvalue weighted by molar-refractivity contribution is 6.10. The van der Waals surface area contributed by atoms with Gasteiger partial charge in [-0.1, -0.05) is 12.1 Å². The second-order valence-electron chi connectivity index (χ2n) is 4.40. The van der Waals surface area contributed by atoms with Gasteiger partial charge in [-0.05, 0) is 55.3 Å². The molecule has 3 heteroatoms. The van der Waals surface area contributed by atoms with Crippen LogP contribution in [0.3, 0.4) is 0 Å². The number of rotatable bonds is 3. The number of hydrogen-bond acceptors (Lipinski definition) is 2. The van der Waals surface area contributed by atoms with Crippen molar-refractivity contribution in [2.45, 2.75) is 13.8 Å². The second kappa shape index (κ2) is 5.57. The van der Waals surface area contributed by atoms with Gasteiger partial charge in [-0.3, -0.25) is 9.78 Å². The number of carbonyl (C=O) groups is 1. The molecule has 96 valence electrons. The summed E-state index contributed by atoms with van der Waals surface area (Å²) in [6, 6.07) is 9.43. The van der Waals surface area contributed by atoms with Crippen molar-refractivity contribution in [3.8, 4) is 0 Å². The van der Waals surface area contributed by atoms with Gasteiger partial charge in [-0.25, -0.2) is 4.39 Å². The van der Waals surface area contributed by atoms with Crippen molar-refractivity contribution in [3.63, 3.8) is 0 Å². The van der Waals surface area contributed by atoms with Gasteiger partial charge in [0, 0.05) is 17.5 Å². The fourth-order valence-electron chi connectivity index (χ4n) is 1.83. The van der Waals surface area contributed by atoms with Crippen LogP contribution in [0.1, 0.15) is 28.5 Å². The number of pyridine rings is 1. The van der Waals surface area contributed by atoms with E-state index in [-0.39, 0.29) is 5.78 Å². The molecule has 1 aromatic carbocycles. The Bertz CT molecular complexity index is 647. The zero-order chi connectivity index (χ0) is 13.8. The number of aryl methyl sites for hydroxylation is 1. The predicted octanol–water partition coefficient (Wildman–Crippen LogP) is 3.82. The third-order valence-electron chi connectivity index (χ3n) is 2.75. The molecule has 0 bridgehead atoms. The highest BCUT2D eigenvalue weighted by atomic mass is 19.1. The summed E-state index contributed by atoms with van der Waals surface area (Å²) in [6.07, 6.45) is 3.48. The first-order valence-corrected chi connectivity index (χ1v) is 5.97. The standard InChI is InChI=1S/C16H14FNO/c1-11(8-13-6-7-18-12(2)9-13)16(19)14-4-3-5-15(17)10-14/h3-10H,1-2H3/b11-8-. The Morgan fingerprint density at radius 1 is 1.26 bits per heavy atom. The average molecular weight is 255 g/mol. The number of nitrogens with zero attached hydrogens (tertiary/aromatic N) is 1. The quantitative estimate of drug-likeness (QED) is 0.616. The number of aromatic nitrogens is 1. The van der Waals surface area contributed by atoms with Gasteiger partial charge in [-0.15, -0.1) is 0 Å². The average Bonchev–Trinajstić information content (AvgIpc) is 2.38. The van der Waals surface area contributed by atoms with Crippen LogP contribution in [0.5, 0.6) is 0 Å². The molecule has 0 spiro atoms. The predicted molar refractivity (Wildman–Crippen MR) is 73.4 cm³/mol. The van der Waals surface area contributed by atoms with Gasteiger partial charge in [-0.2, -0.15) is 0 Å². The molecule has 2 aromatic rings. The number of carbonyl (C=O) groups excluding carboxylic acids is 1. The van der Waals surface area contributed by atoms with Crippen LogP contribution in [0.15, 0.2) is 48.2 Å². The van der Waals surface area contributed by atoms with Crippen LogP contribution in [0.4, 0.5) is 4.39 Å². The van der Waals surface area contributed by atoms with Crippen LogP contribution in [0.2, 0.25) is 0 Å². The first-order valence-electron chi connectivity index (χ1n) is 5.97. The van der Waals surface area contributed by atoms with Crippen LogP contribution >= 0.6 is 0 Å². The first-order chi connectivity index (χ1) is 9.06. The Balaban J connectivity index is 2.29. The van der Waals surface area contributed by atoms with Gasteiger partial charge < -0.3 is 0 Å². The molecule has 1 heterocycles. The molecule has 0 saturated heterocycles. The lowest BCUT2D eigenvalue weighted by molar-refractivity contribution is 0.103. The number of ketones is 1. The summed E-state index contributed by atoms with van der Waals surface area (Å²) in [5.41, 5.74) is 2.73. The topological polar surface area (TPSA) is 30.0 Å². The molecule has 0 saturated carbocycles. The summed E-state index contributed by atoms with van der Waals surface area (Å²) in [7, 11) is 0. The maximum Gasteiger partial charge on any atom is 0.188 e. The van der Waals surface area contributed by atoms with Crippen molar-refractivity contribution in [2.24, 2.45) is 0 Å². The Hall–Kier alpha value is -2.29. The lowest BCUT2D eigenvalue weighted by Gasteiger charge is -2.02. The normalized spacial score (nSPS) is 11.4. The fraction of sp³-hybridized carbons (Fsp3) is 0.125. The lowest BCUT2D eigenvalue weighted by atomic mass is 10.0. The monoisotopic (exact) mass is 255 g/mol. The van der Waals surface area contributed by atoms with Gasteiger partial charge >= 0.3 is 0 Å². The summed E-state index contributed by atoms with van der Waals surface area (Å²) in [4.78, 5) is 16.2. The smallest absolute Gasteiger partial charge is 0.188 e. The number of Topliss-reactive ketones (excluding diaryl/α,β-unsaturated/α-hetero) is 1. The van der Waals surface area contributed by atoms with E-state index in [1.165, 1.54) is 18.2 Å². The van der Waals surface area contributed by atoms with E-state index < -0.39 is 5.82 Å². The third-order valence-corrected chi connectivity index (χ3v) is 2.75. The van der Waals surface area contributed by atoms with Gasteiger partial charge in [0.15, 0.2) is 5.78 Å². The van der Waals surface area contributed by atoms with Crippen LogP contribution in [-0.4, -0.2) is 10.8 Å². The van der Waals surface area contributed by atoms with Crippen LogP contribution < -0.4 is 0 Å². The van der Waals surface area contributed by atoms with Crippen molar-refractivity contribution in [1.82, 2.24) is 4.98 Å². The molecule has 0 unspecified atom stereocenters. The van der Waals surface area contributed by atoms with Gasteiger partial charge in [0.2, 0.25) is 0 Å². The molecule has 1 aromatic heterocycles. The van der Waals surface area contributed by atoms with E-state index in [1.807, 2.05) is 19.1 Å². The summed E-state index contributed by atoms with van der Waals surface area (Å²) in [5, 5.41) is 0. The highest BCUT2D eigenvalue weighted by Crippen LogP contribution is 2.13.